The van der Waals surface area contributed by atoms with E-state index in [1.54, 1.807) is 42.5 Å². The summed E-state index contributed by atoms with van der Waals surface area (Å²) >= 11 is 6.16. The summed E-state index contributed by atoms with van der Waals surface area (Å²) in [4.78, 5) is 28.4. The normalized spacial score (nSPS) is 17.5. The van der Waals surface area contributed by atoms with E-state index in [1.807, 2.05) is 37.3 Å². The monoisotopic (exact) mass is 503 g/mol. The molecule has 0 spiro atoms. The zero-order valence-electron chi connectivity index (χ0n) is 20.9. The number of ketones is 1. The molecule has 0 aliphatic carbocycles. The molecule has 1 saturated heterocycles. The number of nitrogens with zero attached hydrogens (tertiary/aromatic N) is 1. The second kappa shape index (κ2) is 10.2. The summed E-state index contributed by atoms with van der Waals surface area (Å²) in [5.74, 6) is -1.26. The summed E-state index contributed by atoms with van der Waals surface area (Å²) in [5, 5.41) is 11.7. The molecule has 1 heterocycles. The third-order valence-electron chi connectivity index (χ3n) is 6.22. The molecule has 5 nitrogen and oxygen atoms in total. The summed E-state index contributed by atoms with van der Waals surface area (Å²) in [5.41, 5.74) is 2.61. The van der Waals surface area contributed by atoms with E-state index in [-0.39, 0.29) is 16.7 Å². The van der Waals surface area contributed by atoms with Gasteiger partial charge in [-0.2, -0.15) is 0 Å². The van der Waals surface area contributed by atoms with Crippen molar-refractivity contribution < 1.29 is 19.4 Å². The van der Waals surface area contributed by atoms with Crippen LogP contribution < -0.4 is 9.64 Å². The molecular weight excluding hydrogens is 474 g/mol. The zero-order valence-corrected chi connectivity index (χ0v) is 21.7. The van der Waals surface area contributed by atoms with Crippen molar-refractivity contribution in [3.63, 3.8) is 0 Å². The molecule has 36 heavy (non-hydrogen) atoms. The Morgan fingerprint density at radius 3 is 2.33 bits per heavy atom. The van der Waals surface area contributed by atoms with Gasteiger partial charge < -0.3 is 9.84 Å². The number of rotatable bonds is 6. The predicted molar refractivity (Wildman–Crippen MR) is 144 cm³/mol. The smallest absolute Gasteiger partial charge is 0.300 e. The van der Waals surface area contributed by atoms with E-state index in [2.05, 4.69) is 20.8 Å². The van der Waals surface area contributed by atoms with Gasteiger partial charge in [-0.3, -0.25) is 14.5 Å². The van der Waals surface area contributed by atoms with Crippen molar-refractivity contribution in [2.45, 2.75) is 45.6 Å². The van der Waals surface area contributed by atoms with Crippen LogP contribution in [0, 0.1) is 0 Å². The number of amides is 1. The minimum atomic E-state index is -0.843. The first kappa shape index (κ1) is 25.5. The molecule has 3 aromatic rings. The van der Waals surface area contributed by atoms with Gasteiger partial charge in [0.05, 0.1) is 23.9 Å². The Labute approximate surface area is 217 Å². The van der Waals surface area contributed by atoms with Gasteiger partial charge in [0, 0.05) is 10.6 Å². The topological polar surface area (TPSA) is 66.8 Å². The lowest BCUT2D eigenvalue weighted by Crippen LogP contribution is -2.30. The molecule has 3 aromatic carbocycles. The first-order chi connectivity index (χ1) is 17.1. The highest BCUT2D eigenvalue weighted by Gasteiger charge is 2.47. The summed E-state index contributed by atoms with van der Waals surface area (Å²) < 4.78 is 5.93. The Balaban J connectivity index is 1.94. The van der Waals surface area contributed by atoms with Gasteiger partial charge in [-0.1, -0.05) is 87.8 Å². The number of benzene rings is 3. The summed E-state index contributed by atoms with van der Waals surface area (Å²) in [7, 11) is 0. The molecule has 4 rings (SSSR count). The van der Waals surface area contributed by atoms with Gasteiger partial charge in [0.1, 0.15) is 11.5 Å². The zero-order chi connectivity index (χ0) is 26.0. The number of hydrogen-bond acceptors (Lipinski definition) is 4. The molecule has 1 atom stereocenters. The largest absolute Gasteiger partial charge is 0.507 e. The number of para-hydroxylation sites is 2. The molecule has 186 valence electrons. The molecular formula is C30H30ClNO4. The standard InChI is InChI=1S/C30H30ClNO4/c1-5-17-36-24-12-7-6-11-23(24)32-26(19-13-15-21(16-14-19)30(2,3)4)25(28(34)29(32)35)27(33)20-9-8-10-22(31)18-20/h6-16,18,26,33H,5,17H2,1-4H3/b27-25-. The molecule has 1 fully saturated rings. The van der Waals surface area contributed by atoms with Crippen molar-refractivity contribution >= 4 is 34.7 Å². The SMILES string of the molecule is CCCOc1ccccc1N1C(=O)C(=O)/C(=C(\O)c2cccc(Cl)c2)C1c1ccc(C(C)(C)C)cc1. The van der Waals surface area contributed by atoms with Gasteiger partial charge in [0.15, 0.2) is 0 Å². The van der Waals surface area contributed by atoms with Crippen molar-refractivity contribution in [2.24, 2.45) is 0 Å². The maximum atomic E-state index is 13.5. The minimum Gasteiger partial charge on any atom is -0.507 e. The number of carbonyl (C=O) groups excluding carboxylic acids is 2. The van der Waals surface area contributed by atoms with E-state index in [9.17, 15) is 14.7 Å². The molecule has 1 amide bonds. The Bertz CT molecular complexity index is 1320. The summed E-state index contributed by atoms with van der Waals surface area (Å²) in [6.07, 6.45) is 0.791. The van der Waals surface area contributed by atoms with Crippen molar-refractivity contribution in [1.82, 2.24) is 0 Å². The van der Waals surface area contributed by atoms with Gasteiger partial charge in [-0.15, -0.1) is 0 Å². The highest BCUT2D eigenvalue weighted by Crippen LogP contribution is 2.45. The molecule has 0 bridgehead atoms. The molecule has 1 aliphatic heterocycles. The average Bonchev–Trinajstić information content (AvgIpc) is 3.12. The summed E-state index contributed by atoms with van der Waals surface area (Å²) in [6, 6.07) is 20.7. The Morgan fingerprint density at radius 2 is 1.69 bits per heavy atom. The van der Waals surface area contributed by atoms with Crippen LogP contribution in [0.25, 0.3) is 5.76 Å². The van der Waals surface area contributed by atoms with Gasteiger partial charge >= 0.3 is 0 Å². The fourth-order valence-corrected chi connectivity index (χ4v) is 4.53. The number of aliphatic hydroxyl groups excluding tert-OH is 1. The second-order valence-electron chi connectivity index (χ2n) is 9.87. The predicted octanol–water partition coefficient (Wildman–Crippen LogP) is 7.05. The Hall–Kier alpha value is -3.57. The van der Waals surface area contributed by atoms with Crippen molar-refractivity contribution in [2.75, 3.05) is 11.5 Å². The third kappa shape index (κ3) is 4.89. The van der Waals surface area contributed by atoms with Crippen molar-refractivity contribution in [3.8, 4) is 5.75 Å². The molecule has 1 aliphatic rings. The average molecular weight is 504 g/mol. The number of Topliss-reactive ketones (excluding diaryl/α,β-unsaturated/α-hetero) is 1. The van der Waals surface area contributed by atoms with Crippen LogP contribution in [0.1, 0.15) is 56.8 Å². The first-order valence-electron chi connectivity index (χ1n) is 12.0. The van der Waals surface area contributed by atoms with Crippen LogP contribution in [0.4, 0.5) is 5.69 Å². The summed E-state index contributed by atoms with van der Waals surface area (Å²) in [6.45, 7) is 8.82. The number of halogens is 1. The molecule has 0 saturated carbocycles. The number of anilines is 1. The van der Waals surface area contributed by atoms with Crippen LogP contribution in [0.3, 0.4) is 0 Å². The van der Waals surface area contributed by atoms with Gasteiger partial charge in [0.2, 0.25) is 0 Å². The lowest BCUT2D eigenvalue weighted by atomic mass is 9.85. The quantitative estimate of drug-likeness (QED) is 0.222. The van der Waals surface area contributed by atoms with Gasteiger partial charge in [-0.05, 0) is 47.2 Å². The van der Waals surface area contributed by atoms with Crippen LogP contribution in [0.2, 0.25) is 5.02 Å². The van der Waals surface area contributed by atoms with E-state index in [0.717, 1.165) is 12.0 Å². The van der Waals surface area contributed by atoms with Crippen LogP contribution in [-0.4, -0.2) is 23.4 Å². The van der Waals surface area contributed by atoms with E-state index in [0.29, 0.717) is 34.2 Å². The maximum absolute atomic E-state index is 13.5. The van der Waals surface area contributed by atoms with E-state index < -0.39 is 17.7 Å². The number of ether oxygens (including phenoxy) is 1. The van der Waals surface area contributed by atoms with Gasteiger partial charge in [-0.25, -0.2) is 0 Å². The van der Waals surface area contributed by atoms with Crippen molar-refractivity contribution in [3.05, 3.63) is 100 Å². The maximum Gasteiger partial charge on any atom is 0.300 e. The molecule has 0 aromatic heterocycles. The highest BCUT2D eigenvalue weighted by atomic mass is 35.5. The molecule has 1 unspecified atom stereocenters. The minimum absolute atomic E-state index is 0.0102. The number of hydrogen-bond donors (Lipinski definition) is 1. The van der Waals surface area contributed by atoms with E-state index in [4.69, 9.17) is 16.3 Å². The third-order valence-corrected chi connectivity index (χ3v) is 6.46. The molecule has 6 heteroatoms. The lowest BCUT2D eigenvalue weighted by Gasteiger charge is -2.28. The van der Waals surface area contributed by atoms with Crippen LogP contribution in [-0.2, 0) is 15.0 Å². The van der Waals surface area contributed by atoms with Crippen LogP contribution in [0.15, 0.2) is 78.4 Å². The van der Waals surface area contributed by atoms with E-state index >= 15 is 0 Å². The fourth-order valence-electron chi connectivity index (χ4n) is 4.34. The molecule has 0 radical (unpaired) electrons. The Morgan fingerprint density at radius 1 is 1.00 bits per heavy atom. The van der Waals surface area contributed by atoms with E-state index in [1.165, 1.54) is 4.90 Å². The van der Waals surface area contributed by atoms with Crippen LogP contribution in [0.5, 0.6) is 5.75 Å². The number of carbonyl (C=O) groups is 2. The first-order valence-corrected chi connectivity index (χ1v) is 12.4. The Kier molecular flexibility index (Phi) is 7.23. The molecule has 1 N–H and O–H groups in total. The lowest BCUT2D eigenvalue weighted by molar-refractivity contribution is -0.132. The second-order valence-corrected chi connectivity index (χ2v) is 10.3. The number of aliphatic hydroxyl groups is 1. The van der Waals surface area contributed by atoms with Gasteiger partial charge in [0.25, 0.3) is 11.7 Å². The fraction of sp³-hybridized carbons (Fsp3) is 0.267. The van der Waals surface area contributed by atoms with Crippen LogP contribution >= 0.6 is 11.6 Å². The highest BCUT2D eigenvalue weighted by molar-refractivity contribution is 6.52. The van der Waals surface area contributed by atoms with Crippen molar-refractivity contribution in [1.29, 1.82) is 0 Å².